The second kappa shape index (κ2) is 15.6. The molecule has 0 bridgehead atoms. The highest BCUT2D eigenvalue weighted by Crippen LogP contribution is 2.32. The van der Waals surface area contributed by atoms with Gasteiger partial charge in [0.25, 0.3) is 0 Å². The fourth-order valence-corrected chi connectivity index (χ4v) is 5.67. The quantitative estimate of drug-likeness (QED) is 0.157. The van der Waals surface area contributed by atoms with Gasteiger partial charge in [0.2, 0.25) is 5.91 Å². The highest BCUT2D eigenvalue weighted by molar-refractivity contribution is 7.85. The number of hydrogen-bond acceptors (Lipinski definition) is 12. The lowest BCUT2D eigenvalue weighted by molar-refractivity contribution is -0.119. The number of benzene rings is 1. The third-order valence-electron chi connectivity index (χ3n) is 7.02. The van der Waals surface area contributed by atoms with E-state index in [9.17, 15) is 23.4 Å². The van der Waals surface area contributed by atoms with Crippen LogP contribution in [0.5, 0.6) is 5.75 Å². The van der Waals surface area contributed by atoms with Gasteiger partial charge in [0, 0.05) is 6.42 Å². The first-order chi connectivity index (χ1) is 20.7. The molecule has 2 aromatic heterocycles. The molecule has 0 unspecified atom stereocenters. The van der Waals surface area contributed by atoms with Gasteiger partial charge in [0.1, 0.15) is 35.9 Å². The molecule has 14 nitrogen and oxygen atoms in total. The van der Waals surface area contributed by atoms with Gasteiger partial charge in [-0.3, -0.25) is 13.5 Å². The molecule has 5 N–H and O–H groups in total. The minimum Gasteiger partial charge on any atom is -0.492 e. The topological polar surface area (TPSA) is 201 Å². The van der Waals surface area contributed by atoms with Gasteiger partial charge < -0.3 is 25.4 Å². The molecule has 0 spiro atoms. The number of nitrogens with two attached hydrogens (primary N) is 1. The first-order valence-corrected chi connectivity index (χ1v) is 16.0. The van der Waals surface area contributed by atoms with E-state index in [0.717, 1.165) is 44.9 Å². The van der Waals surface area contributed by atoms with Crippen molar-refractivity contribution in [2.24, 2.45) is 0 Å². The number of nitrogens with one attached hydrogen (secondary N) is 1. The van der Waals surface area contributed by atoms with Crippen molar-refractivity contribution in [2.75, 3.05) is 18.9 Å². The van der Waals surface area contributed by atoms with Crippen LogP contribution < -0.4 is 15.2 Å². The van der Waals surface area contributed by atoms with Gasteiger partial charge in [-0.25, -0.2) is 19.7 Å². The van der Waals surface area contributed by atoms with Gasteiger partial charge in [-0.1, -0.05) is 62.3 Å². The number of carbonyl (C=O) groups is 1. The average molecular weight is 641 g/mol. The van der Waals surface area contributed by atoms with Crippen molar-refractivity contribution in [3.63, 3.8) is 0 Å². The van der Waals surface area contributed by atoms with Crippen molar-refractivity contribution in [3.8, 4) is 5.75 Å². The molecular formula is C27H37ClN6O8S. The number of unbranched alkanes of at least 4 members (excludes halogenated alkanes) is 7. The number of aromatic nitrogens is 4. The van der Waals surface area contributed by atoms with E-state index < -0.39 is 47.4 Å². The summed E-state index contributed by atoms with van der Waals surface area (Å²) in [6.45, 7) is -0.00983. The van der Waals surface area contributed by atoms with E-state index in [1.807, 2.05) is 22.9 Å². The average Bonchev–Trinajstić information content (AvgIpc) is 3.52. The number of rotatable bonds is 17. The number of carbonyl (C=O) groups excluding carboxylic acids is 1. The van der Waals surface area contributed by atoms with Crippen molar-refractivity contribution in [1.82, 2.24) is 24.2 Å². The van der Waals surface area contributed by atoms with Crippen molar-refractivity contribution in [1.29, 1.82) is 0 Å². The predicted octanol–water partition coefficient (Wildman–Crippen LogP) is 2.65. The number of aliphatic hydroxyl groups excluding tert-OH is 2. The number of fused-ring (bicyclic) bond motifs is 1. The largest absolute Gasteiger partial charge is 0.492 e. The minimum atomic E-state index is -4.45. The normalized spacial score (nSPS) is 20.4. The number of anilines is 1. The van der Waals surface area contributed by atoms with Crippen molar-refractivity contribution >= 4 is 44.8 Å². The Morgan fingerprint density at radius 2 is 1.72 bits per heavy atom. The summed E-state index contributed by atoms with van der Waals surface area (Å²) < 4.78 is 44.0. The summed E-state index contributed by atoms with van der Waals surface area (Å²) in [5.41, 5.74) is 6.33. The molecule has 1 aliphatic rings. The van der Waals surface area contributed by atoms with Crippen molar-refractivity contribution in [2.45, 2.75) is 82.3 Å². The van der Waals surface area contributed by atoms with E-state index >= 15 is 0 Å². The zero-order valence-corrected chi connectivity index (χ0v) is 25.1. The molecular weight excluding hydrogens is 604 g/mol. The van der Waals surface area contributed by atoms with Crippen LogP contribution in [0.4, 0.5) is 5.82 Å². The number of imidazole rings is 1. The van der Waals surface area contributed by atoms with E-state index in [1.54, 1.807) is 6.07 Å². The number of ether oxygens (including phenoxy) is 2. The van der Waals surface area contributed by atoms with Crippen LogP contribution in [0.1, 0.15) is 64.0 Å². The first kappa shape index (κ1) is 32.8. The molecule has 1 fully saturated rings. The Hall–Kier alpha value is -3.08. The van der Waals surface area contributed by atoms with E-state index in [0.29, 0.717) is 23.8 Å². The summed E-state index contributed by atoms with van der Waals surface area (Å²) in [5, 5.41) is 21.5. The number of amides is 1. The third kappa shape index (κ3) is 9.20. The van der Waals surface area contributed by atoms with Crippen LogP contribution >= 0.6 is 11.6 Å². The Bertz CT molecular complexity index is 1460. The van der Waals surface area contributed by atoms with Crippen LogP contribution in [-0.2, 0) is 24.0 Å². The molecule has 4 rings (SSSR count). The molecule has 3 heterocycles. The molecule has 1 aliphatic heterocycles. The SMILES string of the molecule is Nc1ncnc2c1ncn2[C@@H]1O[C@H](COS(=O)(=O)NC(=O)CCCCCCCCCCOc2ccccc2Cl)[C@@H](O)[C@H]1O. The second-order valence-corrected chi connectivity index (χ2v) is 12.0. The standard InChI is InChI=1S/C27H37ClN6O8S/c28-18-11-8-9-12-19(18)40-14-10-6-4-2-1-3-5-7-13-21(35)33-43(38,39)41-15-20-23(36)24(37)27(42-20)34-17-32-22-25(29)30-16-31-26(22)34/h8-9,11-12,16-17,20,23-24,27,36-37H,1-7,10,13-15H2,(H,33,35)(H2,29,30,31)/t20-,23-,24-,27-/m1/s1. The predicted molar refractivity (Wildman–Crippen MR) is 157 cm³/mol. The molecule has 0 saturated carbocycles. The Balaban J connectivity index is 1.07. The molecule has 4 atom stereocenters. The number of nitrogens with zero attached hydrogens (tertiary/aromatic N) is 4. The number of halogens is 1. The van der Waals surface area contributed by atoms with Gasteiger partial charge in [0.05, 0.1) is 24.6 Å². The molecule has 1 saturated heterocycles. The highest BCUT2D eigenvalue weighted by Gasteiger charge is 2.45. The van der Waals surface area contributed by atoms with E-state index in [2.05, 4.69) is 15.0 Å². The number of aliphatic hydroxyl groups is 2. The second-order valence-electron chi connectivity index (χ2n) is 10.3. The van der Waals surface area contributed by atoms with Gasteiger partial charge in [-0.2, -0.15) is 8.42 Å². The summed E-state index contributed by atoms with van der Waals surface area (Å²) >= 11 is 6.07. The van der Waals surface area contributed by atoms with Crippen molar-refractivity contribution in [3.05, 3.63) is 41.9 Å². The van der Waals surface area contributed by atoms with Crippen LogP contribution in [-0.4, -0.2) is 75.6 Å². The van der Waals surface area contributed by atoms with Crippen molar-refractivity contribution < 1.29 is 37.1 Å². The van der Waals surface area contributed by atoms with Crippen LogP contribution in [0.15, 0.2) is 36.9 Å². The van der Waals surface area contributed by atoms with E-state index in [4.69, 9.17) is 31.0 Å². The lowest BCUT2D eigenvalue weighted by Crippen LogP contribution is -2.37. The first-order valence-electron chi connectivity index (χ1n) is 14.2. The van der Waals surface area contributed by atoms with Gasteiger partial charge in [0.15, 0.2) is 17.7 Å². The Kier molecular flexibility index (Phi) is 11.9. The fourth-order valence-electron chi connectivity index (χ4n) is 4.72. The lowest BCUT2D eigenvalue weighted by Gasteiger charge is -2.16. The molecule has 0 radical (unpaired) electrons. The summed E-state index contributed by atoms with van der Waals surface area (Å²) in [6, 6.07) is 7.40. The van der Waals surface area contributed by atoms with Crippen LogP contribution in [0.3, 0.4) is 0 Å². The maximum atomic E-state index is 12.3. The van der Waals surface area contributed by atoms with Gasteiger partial charge >= 0.3 is 10.3 Å². The summed E-state index contributed by atoms with van der Waals surface area (Å²) in [4.78, 5) is 24.2. The van der Waals surface area contributed by atoms with Crippen LogP contribution in [0.25, 0.3) is 11.2 Å². The molecule has 236 valence electrons. The third-order valence-corrected chi connectivity index (χ3v) is 8.25. The number of para-hydroxylation sites is 1. The fraction of sp³-hybridized carbons (Fsp3) is 0.556. The molecule has 43 heavy (non-hydrogen) atoms. The zero-order valence-electron chi connectivity index (χ0n) is 23.5. The summed E-state index contributed by atoms with van der Waals surface area (Å²) in [6.07, 6.45) is 4.77. The number of hydrogen-bond donors (Lipinski definition) is 4. The number of nitrogen functional groups attached to an aromatic ring is 1. The maximum Gasteiger partial charge on any atom is 0.362 e. The minimum absolute atomic E-state index is 0.0318. The maximum absolute atomic E-state index is 12.3. The molecule has 16 heteroatoms. The zero-order chi connectivity index (χ0) is 30.8. The lowest BCUT2D eigenvalue weighted by atomic mass is 10.1. The Morgan fingerprint density at radius 1 is 1.02 bits per heavy atom. The molecule has 0 aliphatic carbocycles. The van der Waals surface area contributed by atoms with Gasteiger partial charge in [-0.05, 0) is 25.0 Å². The van der Waals surface area contributed by atoms with E-state index in [-0.39, 0.29) is 23.4 Å². The van der Waals surface area contributed by atoms with Crippen LogP contribution in [0.2, 0.25) is 5.02 Å². The molecule has 3 aromatic rings. The Labute approximate surface area is 254 Å². The summed E-state index contributed by atoms with van der Waals surface area (Å²) in [5.74, 6) is 0.138. The molecule has 1 amide bonds. The molecule has 1 aromatic carbocycles. The van der Waals surface area contributed by atoms with E-state index in [1.165, 1.54) is 17.2 Å². The Morgan fingerprint density at radius 3 is 2.47 bits per heavy atom. The highest BCUT2D eigenvalue weighted by atomic mass is 35.5. The van der Waals surface area contributed by atoms with Gasteiger partial charge in [-0.15, -0.1) is 0 Å². The smallest absolute Gasteiger partial charge is 0.362 e. The monoisotopic (exact) mass is 640 g/mol. The summed E-state index contributed by atoms with van der Waals surface area (Å²) in [7, 11) is -4.45. The van der Waals surface area contributed by atoms with Crippen LogP contribution in [0, 0.1) is 0 Å².